The number of nitrogens with zero attached hydrogens (tertiary/aromatic N) is 2. The van der Waals surface area contributed by atoms with Gasteiger partial charge in [0, 0.05) is 38.8 Å². The van der Waals surface area contributed by atoms with Crippen LogP contribution in [0.4, 0.5) is 0 Å². The SMILES string of the molecule is COCCCc1cnc(C2=CCCN(C)C2)o1. The lowest BCUT2D eigenvalue weighted by Crippen LogP contribution is -2.24. The number of hydrogen-bond acceptors (Lipinski definition) is 4. The lowest BCUT2D eigenvalue weighted by Gasteiger charge is -2.20. The molecule has 1 aromatic heterocycles. The minimum atomic E-state index is 0.765. The fourth-order valence-corrected chi connectivity index (χ4v) is 2.01. The monoisotopic (exact) mass is 236 g/mol. The minimum absolute atomic E-state index is 0.765. The Labute approximate surface area is 102 Å². The van der Waals surface area contributed by atoms with Crippen LogP contribution in [0, 0.1) is 0 Å². The highest BCUT2D eigenvalue weighted by molar-refractivity contribution is 5.60. The van der Waals surface area contributed by atoms with Gasteiger partial charge in [0.2, 0.25) is 5.89 Å². The molecule has 0 aliphatic carbocycles. The molecular formula is C13H20N2O2. The van der Waals surface area contributed by atoms with Gasteiger partial charge in [-0.25, -0.2) is 4.98 Å². The Morgan fingerprint density at radius 1 is 1.53 bits per heavy atom. The van der Waals surface area contributed by atoms with Crippen LogP contribution < -0.4 is 0 Å². The van der Waals surface area contributed by atoms with E-state index >= 15 is 0 Å². The van der Waals surface area contributed by atoms with Crippen molar-refractivity contribution in [2.75, 3.05) is 33.9 Å². The summed E-state index contributed by atoms with van der Waals surface area (Å²) in [7, 11) is 3.84. The summed E-state index contributed by atoms with van der Waals surface area (Å²) >= 11 is 0. The Morgan fingerprint density at radius 3 is 3.18 bits per heavy atom. The number of aryl methyl sites for hydroxylation is 1. The quantitative estimate of drug-likeness (QED) is 0.733. The number of hydrogen-bond donors (Lipinski definition) is 0. The van der Waals surface area contributed by atoms with Gasteiger partial charge >= 0.3 is 0 Å². The Morgan fingerprint density at radius 2 is 2.41 bits per heavy atom. The summed E-state index contributed by atoms with van der Waals surface area (Å²) in [5, 5.41) is 0. The molecule has 0 amide bonds. The van der Waals surface area contributed by atoms with E-state index in [2.05, 4.69) is 23.0 Å². The van der Waals surface area contributed by atoms with Gasteiger partial charge in [-0.1, -0.05) is 6.08 Å². The molecule has 0 bridgehead atoms. The number of ether oxygens (including phenoxy) is 1. The molecule has 4 heteroatoms. The van der Waals surface area contributed by atoms with Crippen LogP contribution in [0.2, 0.25) is 0 Å². The molecule has 0 unspecified atom stereocenters. The first-order valence-electron chi connectivity index (χ1n) is 6.11. The largest absolute Gasteiger partial charge is 0.441 e. The summed E-state index contributed by atoms with van der Waals surface area (Å²) in [6.45, 7) is 2.81. The molecule has 0 N–H and O–H groups in total. The molecule has 94 valence electrons. The predicted molar refractivity (Wildman–Crippen MR) is 66.8 cm³/mol. The fourth-order valence-electron chi connectivity index (χ4n) is 2.01. The third kappa shape index (κ3) is 3.41. The first-order chi connectivity index (χ1) is 8.29. The second-order valence-corrected chi connectivity index (χ2v) is 4.48. The van der Waals surface area contributed by atoms with E-state index in [9.17, 15) is 0 Å². The van der Waals surface area contributed by atoms with Crippen LogP contribution in [0.3, 0.4) is 0 Å². The van der Waals surface area contributed by atoms with Crippen molar-refractivity contribution in [2.24, 2.45) is 0 Å². The molecule has 0 saturated heterocycles. The van der Waals surface area contributed by atoms with E-state index in [0.29, 0.717) is 0 Å². The summed E-state index contributed by atoms with van der Waals surface area (Å²) < 4.78 is 10.8. The van der Waals surface area contributed by atoms with E-state index in [-0.39, 0.29) is 0 Å². The Hall–Kier alpha value is -1.13. The molecule has 0 radical (unpaired) electrons. The Bertz CT molecular complexity index is 385. The summed E-state index contributed by atoms with van der Waals surface area (Å²) in [6.07, 6.45) is 7.01. The molecule has 2 heterocycles. The zero-order chi connectivity index (χ0) is 12.1. The lowest BCUT2D eigenvalue weighted by molar-refractivity contribution is 0.193. The molecule has 0 spiro atoms. The smallest absolute Gasteiger partial charge is 0.223 e. The van der Waals surface area contributed by atoms with Gasteiger partial charge in [-0.15, -0.1) is 0 Å². The van der Waals surface area contributed by atoms with Crippen molar-refractivity contribution < 1.29 is 9.15 Å². The second kappa shape index (κ2) is 5.98. The van der Waals surface area contributed by atoms with Crippen LogP contribution in [0.25, 0.3) is 5.57 Å². The summed E-state index contributed by atoms with van der Waals surface area (Å²) in [6, 6.07) is 0. The van der Waals surface area contributed by atoms with Gasteiger partial charge in [-0.3, -0.25) is 0 Å². The van der Waals surface area contributed by atoms with Crippen LogP contribution in [0.15, 0.2) is 16.7 Å². The summed E-state index contributed by atoms with van der Waals surface area (Å²) in [5.74, 6) is 1.73. The molecular weight excluding hydrogens is 216 g/mol. The predicted octanol–water partition coefficient (Wildman–Crippen LogP) is 1.97. The van der Waals surface area contributed by atoms with Gasteiger partial charge in [0.25, 0.3) is 0 Å². The Kier molecular flexibility index (Phi) is 4.34. The highest BCUT2D eigenvalue weighted by Gasteiger charge is 2.14. The van der Waals surface area contributed by atoms with Crippen molar-refractivity contribution in [3.05, 3.63) is 23.9 Å². The van der Waals surface area contributed by atoms with E-state index in [1.165, 1.54) is 5.57 Å². The van der Waals surface area contributed by atoms with E-state index in [0.717, 1.165) is 50.6 Å². The van der Waals surface area contributed by atoms with Crippen LogP contribution in [0.5, 0.6) is 0 Å². The molecule has 0 atom stereocenters. The van der Waals surface area contributed by atoms with Crippen LogP contribution in [0.1, 0.15) is 24.5 Å². The summed E-state index contributed by atoms with van der Waals surface area (Å²) in [4.78, 5) is 6.63. The molecule has 1 aliphatic heterocycles. The van der Waals surface area contributed by atoms with Crippen molar-refractivity contribution in [1.29, 1.82) is 0 Å². The van der Waals surface area contributed by atoms with Crippen molar-refractivity contribution in [3.8, 4) is 0 Å². The van der Waals surface area contributed by atoms with E-state index < -0.39 is 0 Å². The lowest BCUT2D eigenvalue weighted by atomic mass is 10.1. The van der Waals surface area contributed by atoms with Gasteiger partial charge in [-0.05, 0) is 19.9 Å². The maximum atomic E-state index is 5.76. The third-order valence-corrected chi connectivity index (χ3v) is 2.94. The molecule has 17 heavy (non-hydrogen) atoms. The maximum Gasteiger partial charge on any atom is 0.223 e. The van der Waals surface area contributed by atoms with Crippen LogP contribution in [-0.2, 0) is 11.2 Å². The van der Waals surface area contributed by atoms with Crippen molar-refractivity contribution in [1.82, 2.24) is 9.88 Å². The van der Waals surface area contributed by atoms with Crippen LogP contribution in [-0.4, -0.2) is 43.7 Å². The molecule has 0 aromatic carbocycles. The highest BCUT2D eigenvalue weighted by atomic mass is 16.5. The molecule has 2 rings (SSSR count). The fraction of sp³-hybridized carbons (Fsp3) is 0.615. The first kappa shape index (κ1) is 12.3. The third-order valence-electron chi connectivity index (χ3n) is 2.94. The van der Waals surface area contributed by atoms with Gasteiger partial charge in [0.1, 0.15) is 5.76 Å². The van der Waals surface area contributed by atoms with Gasteiger partial charge in [0.15, 0.2) is 0 Å². The van der Waals surface area contributed by atoms with E-state index in [1.54, 1.807) is 7.11 Å². The summed E-state index contributed by atoms with van der Waals surface area (Å²) in [5.41, 5.74) is 1.21. The number of oxazole rings is 1. The van der Waals surface area contributed by atoms with E-state index in [4.69, 9.17) is 9.15 Å². The zero-order valence-electron chi connectivity index (χ0n) is 10.6. The molecule has 0 saturated carbocycles. The first-order valence-corrected chi connectivity index (χ1v) is 6.11. The molecule has 4 nitrogen and oxygen atoms in total. The minimum Gasteiger partial charge on any atom is -0.441 e. The van der Waals surface area contributed by atoms with Gasteiger partial charge in [-0.2, -0.15) is 0 Å². The van der Waals surface area contributed by atoms with Crippen LogP contribution >= 0.6 is 0 Å². The van der Waals surface area contributed by atoms with E-state index in [1.807, 2.05) is 6.20 Å². The second-order valence-electron chi connectivity index (χ2n) is 4.48. The normalized spacial score (nSPS) is 17.2. The Balaban J connectivity index is 1.95. The van der Waals surface area contributed by atoms with Crippen molar-refractivity contribution in [3.63, 3.8) is 0 Å². The number of likely N-dealkylation sites (N-methyl/N-ethyl adjacent to an activating group) is 1. The highest BCUT2D eigenvalue weighted by Crippen LogP contribution is 2.20. The van der Waals surface area contributed by atoms with Crippen molar-refractivity contribution in [2.45, 2.75) is 19.3 Å². The maximum absolute atomic E-state index is 5.76. The molecule has 1 aliphatic rings. The molecule has 0 fully saturated rings. The van der Waals surface area contributed by atoms with Gasteiger partial charge in [0.05, 0.1) is 6.20 Å². The average molecular weight is 236 g/mol. The average Bonchev–Trinajstić information content (AvgIpc) is 2.78. The standard InChI is InChI=1S/C13H20N2O2/c1-15-7-3-5-11(10-15)13-14-9-12(17-13)6-4-8-16-2/h5,9H,3-4,6-8,10H2,1-2H3. The zero-order valence-corrected chi connectivity index (χ0v) is 10.6. The number of methoxy groups -OCH3 is 1. The van der Waals surface area contributed by atoms with Gasteiger partial charge < -0.3 is 14.1 Å². The molecule has 1 aromatic rings. The van der Waals surface area contributed by atoms with Crippen molar-refractivity contribution >= 4 is 5.57 Å². The number of rotatable bonds is 5. The topological polar surface area (TPSA) is 38.5 Å². The number of aromatic nitrogens is 1.